The summed E-state index contributed by atoms with van der Waals surface area (Å²) in [6.07, 6.45) is 0. The summed E-state index contributed by atoms with van der Waals surface area (Å²) >= 11 is 7.40. The number of halogens is 1. The summed E-state index contributed by atoms with van der Waals surface area (Å²) < 4.78 is 12.5. The van der Waals surface area contributed by atoms with Crippen LogP contribution in [0.4, 0.5) is 0 Å². The summed E-state index contributed by atoms with van der Waals surface area (Å²) in [6, 6.07) is 15.0. The van der Waals surface area contributed by atoms with Gasteiger partial charge in [-0.15, -0.1) is 10.2 Å². The van der Waals surface area contributed by atoms with Crippen molar-refractivity contribution < 1.29 is 9.26 Å². The molecule has 0 fully saturated rings. The van der Waals surface area contributed by atoms with Crippen molar-refractivity contribution in [3.05, 3.63) is 59.4 Å². The summed E-state index contributed by atoms with van der Waals surface area (Å²) in [5, 5.41) is 14.0. The van der Waals surface area contributed by atoms with Gasteiger partial charge in [-0.2, -0.15) is 4.98 Å². The van der Waals surface area contributed by atoms with E-state index in [1.165, 1.54) is 11.8 Å². The minimum Gasteiger partial charge on any atom is -0.497 e. The average molecular weight is 414 g/mol. The second-order valence-electron chi connectivity index (χ2n) is 5.91. The Morgan fingerprint density at radius 2 is 1.75 bits per heavy atom. The lowest BCUT2D eigenvalue weighted by Gasteiger charge is -2.04. The maximum atomic E-state index is 5.91. The van der Waals surface area contributed by atoms with E-state index >= 15 is 0 Å². The smallest absolute Gasteiger partial charge is 0.257 e. The molecule has 7 nitrogen and oxygen atoms in total. The summed E-state index contributed by atoms with van der Waals surface area (Å²) in [4.78, 5) is 4.43. The monoisotopic (exact) mass is 413 g/mol. The third-order valence-electron chi connectivity index (χ3n) is 4.07. The first-order valence-corrected chi connectivity index (χ1v) is 9.75. The molecule has 0 aliphatic rings. The summed E-state index contributed by atoms with van der Waals surface area (Å²) in [5.41, 5.74) is 1.79. The third-order valence-corrected chi connectivity index (χ3v) is 5.34. The van der Waals surface area contributed by atoms with Crippen molar-refractivity contribution in [3.63, 3.8) is 0 Å². The highest BCUT2D eigenvalue weighted by molar-refractivity contribution is 7.98. The van der Waals surface area contributed by atoms with Crippen LogP contribution >= 0.6 is 23.4 Å². The van der Waals surface area contributed by atoms with Crippen molar-refractivity contribution in [1.82, 2.24) is 24.9 Å². The molecule has 28 heavy (non-hydrogen) atoms. The van der Waals surface area contributed by atoms with Crippen molar-refractivity contribution in [1.29, 1.82) is 0 Å². The molecule has 0 saturated carbocycles. The quantitative estimate of drug-likeness (QED) is 0.431. The van der Waals surface area contributed by atoms with Crippen molar-refractivity contribution in [2.45, 2.75) is 10.9 Å². The maximum Gasteiger partial charge on any atom is 0.257 e. The van der Waals surface area contributed by atoms with Gasteiger partial charge in [-0.1, -0.05) is 28.5 Å². The molecule has 2 heterocycles. The zero-order valence-electron chi connectivity index (χ0n) is 15.2. The topological polar surface area (TPSA) is 78.9 Å². The first-order valence-electron chi connectivity index (χ1n) is 8.39. The van der Waals surface area contributed by atoms with E-state index in [-0.39, 0.29) is 0 Å². The molecule has 0 bridgehead atoms. The van der Waals surface area contributed by atoms with E-state index in [1.54, 1.807) is 19.2 Å². The van der Waals surface area contributed by atoms with Gasteiger partial charge in [-0.05, 0) is 48.5 Å². The van der Waals surface area contributed by atoms with Gasteiger partial charge in [-0.25, -0.2) is 0 Å². The molecule has 0 aliphatic carbocycles. The van der Waals surface area contributed by atoms with E-state index in [0.717, 1.165) is 27.9 Å². The number of nitrogens with zero attached hydrogens (tertiary/aromatic N) is 5. The van der Waals surface area contributed by atoms with Crippen LogP contribution < -0.4 is 4.74 Å². The first kappa shape index (κ1) is 18.5. The van der Waals surface area contributed by atoms with Crippen LogP contribution in [0.5, 0.6) is 5.75 Å². The zero-order chi connectivity index (χ0) is 19.5. The van der Waals surface area contributed by atoms with E-state index in [1.807, 2.05) is 48.0 Å². The Morgan fingerprint density at radius 3 is 2.46 bits per heavy atom. The first-order chi connectivity index (χ1) is 13.6. The van der Waals surface area contributed by atoms with Crippen molar-refractivity contribution in [2.75, 3.05) is 7.11 Å². The number of hydrogen-bond donors (Lipinski definition) is 0. The second-order valence-corrected chi connectivity index (χ2v) is 7.28. The molecule has 142 valence electrons. The van der Waals surface area contributed by atoms with Crippen LogP contribution in [0.15, 0.2) is 58.2 Å². The van der Waals surface area contributed by atoms with Crippen LogP contribution in [0.2, 0.25) is 5.02 Å². The second kappa shape index (κ2) is 8.04. The molecule has 0 spiro atoms. The molecule has 0 aliphatic heterocycles. The molecule has 0 saturated heterocycles. The lowest BCUT2D eigenvalue weighted by Crippen LogP contribution is -1.95. The van der Waals surface area contributed by atoms with E-state index in [4.69, 9.17) is 20.9 Å². The predicted octanol–water partition coefficient (Wildman–Crippen LogP) is 4.49. The lowest BCUT2D eigenvalue weighted by molar-refractivity contribution is 0.415. The van der Waals surface area contributed by atoms with Crippen LogP contribution in [0, 0.1) is 0 Å². The molecule has 4 aromatic rings. The van der Waals surface area contributed by atoms with Crippen LogP contribution in [0.1, 0.15) is 5.82 Å². The average Bonchev–Trinajstić information content (AvgIpc) is 3.34. The predicted molar refractivity (Wildman–Crippen MR) is 107 cm³/mol. The molecule has 0 radical (unpaired) electrons. The molecule has 4 rings (SSSR count). The van der Waals surface area contributed by atoms with Gasteiger partial charge in [0.25, 0.3) is 5.89 Å². The third kappa shape index (κ3) is 3.88. The maximum absolute atomic E-state index is 5.91. The molecule has 0 N–H and O–H groups in total. The number of aromatic nitrogens is 5. The summed E-state index contributed by atoms with van der Waals surface area (Å²) in [6.45, 7) is 0. The fourth-order valence-corrected chi connectivity index (χ4v) is 3.46. The summed E-state index contributed by atoms with van der Waals surface area (Å²) in [5.74, 6) is 3.15. The number of ether oxygens (including phenoxy) is 1. The summed E-state index contributed by atoms with van der Waals surface area (Å²) in [7, 11) is 3.57. The van der Waals surface area contributed by atoms with E-state index in [2.05, 4.69) is 20.3 Å². The van der Waals surface area contributed by atoms with Crippen molar-refractivity contribution in [2.24, 2.45) is 7.05 Å². The van der Waals surface area contributed by atoms with Gasteiger partial charge in [0, 0.05) is 23.2 Å². The van der Waals surface area contributed by atoms with Gasteiger partial charge in [0.2, 0.25) is 0 Å². The van der Waals surface area contributed by atoms with Crippen LogP contribution in [0.25, 0.3) is 22.8 Å². The van der Waals surface area contributed by atoms with Crippen LogP contribution in [-0.4, -0.2) is 32.0 Å². The van der Waals surface area contributed by atoms with Crippen LogP contribution in [-0.2, 0) is 12.8 Å². The van der Waals surface area contributed by atoms with Gasteiger partial charge in [0.05, 0.1) is 12.9 Å². The Kier molecular flexibility index (Phi) is 5.31. The highest BCUT2D eigenvalue weighted by Gasteiger charge is 2.14. The number of hydrogen-bond acceptors (Lipinski definition) is 7. The van der Waals surface area contributed by atoms with E-state index < -0.39 is 0 Å². The number of rotatable bonds is 6. The number of benzene rings is 2. The van der Waals surface area contributed by atoms with Crippen LogP contribution in [0.3, 0.4) is 0 Å². The van der Waals surface area contributed by atoms with Crippen molar-refractivity contribution >= 4 is 23.4 Å². The molecular formula is C19H16ClN5O2S. The Morgan fingerprint density at radius 1 is 1.04 bits per heavy atom. The van der Waals surface area contributed by atoms with Gasteiger partial charge >= 0.3 is 0 Å². The molecule has 0 amide bonds. The lowest BCUT2D eigenvalue weighted by atomic mass is 10.2. The largest absolute Gasteiger partial charge is 0.497 e. The highest BCUT2D eigenvalue weighted by atomic mass is 35.5. The van der Waals surface area contributed by atoms with Crippen molar-refractivity contribution in [3.8, 4) is 28.6 Å². The van der Waals surface area contributed by atoms with E-state index in [9.17, 15) is 0 Å². The molecular weight excluding hydrogens is 398 g/mol. The Labute approximate surface area is 170 Å². The van der Waals surface area contributed by atoms with Gasteiger partial charge < -0.3 is 13.8 Å². The minimum atomic E-state index is 0.462. The Balaban J connectivity index is 1.45. The fourth-order valence-electron chi connectivity index (χ4n) is 2.58. The molecule has 9 heteroatoms. The number of thioether (sulfide) groups is 1. The number of methoxy groups -OCH3 is 1. The fraction of sp³-hybridized carbons (Fsp3) is 0.158. The zero-order valence-corrected chi connectivity index (χ0v) is 16.7. The van der Waals surface area contributed by atoms with Gasteiger partial charge in [0.1, 0.15) is 5.75 Å². The Hall–Kier alpha value is -2.84. The standard InChI is InChI=1S/C19H16ClN5O2S/c1-25-17(12-5-9-15(26-2)10-6-12)22-23-19(25)28-11-16-21-18(27-24-16)13-3-7-14(20)8-4-13/h3-10H,11H2,1-2H3. The normalized spacial score (nSPS) is 11.0. The minimum absolute atomic E-state index is 0.462. The molecule has 2 aromatic carbocycles. The van der Waals surface area contributed by atoms with Gasteiger partial charge in [-0.3, -0.25) is 0 Å². The molecule has 0 unspecified atom stereocenters. The highest BCUT2D eigenvalue weighted by Crippen LogP contribution is 2.27. The van der Waals surface area contributed by atoms with Gasteiger partial charge in [0.15, 0.2) is 16.8 Å². The molecule has 2 aromatic heterocycles. The molecule has 0 atom stereocenters. The Bertz CT molecular complexity index is 1080. The van der Waals surface area contributed by atoms with E-state index in [0.29, 0.717) is 22.5 Å². The SMILES string of the molecule is COc1ccc(-c2nnc(SCc3noc(-c4ccc(Cl)cc4)n3)n2C)cc1.